The van der Waals surface area contributed by atoms with E-state index in [1.54, 1.807) is 7.12 Å². The number of aldehydes is 1. The first-order valence-corrected chi connectivity index (χ1v) is 8.75. The van der Waals surface area contributed by atoms with E-state index in [1.165, 1.54) is 18.5 Å². The molecule has 0 aliphatic heterocycles. The van der Waals surface area contributed by atoms with Crippen molar-refractivity contribution < 1.29 is 39.0 Å². The number of aliphatic carboxylic acids is 2. The van der Waals surface area contributed by atoms with Gasteiger partial charge in [-0.25, -0.2) is 11.6 Å². The van der Waals surface area contributed by atoms with E-state index in [2.05, 4.69) is 16.0 Å². The molecule has 0 unspecified atom stereocenters. The van der Waals surface area contributed by atoms with Crippen molar-refractivity contribution in [2.75, 3.05) is 5.75 Å². The zero-order chi connectivity index (χ0) is 20.3. The van der Waals surface area contributed by atoms with Crippen LogP contribution in [0.4, 0.5) is 0 Å². The first-order chi connectivity index (χ1) is 12.1. The number of amides is 3. The Hall–Kier alpha value is -2.57. The number of hydrogen-bond donors (Lipinski definition) is 5. The number of carboxylic acid groups (broad SMARTS) is 2. The summed E-state index contributed by atoms with van der Waals surface area (Å²) in [6.45, 7) is 1.20. The van der Waals surface area contributed by atoms with Gasteiger partial charge < -0.3 is 31.0 Å². The zero-order valence-electron chi connectivity index (χ0n) is 14.2. The van der Waals surface area contributed by atoms with Crippen LogP contribution in [0.3, 0.4) is 0 Å². The number of carboxylic acids is 2. The van der Waals surface area contributed by atoms with Gasteiger partial charge >= 0.3 is 11.9 Å². The van der Waals surface area contributed by atoms with Crippen molar-refractivity contribution in [3.05, 3.63) is 0 Å². The molecule has 11 nitrogen and oxygen atoms in total. The molecule has 0 aromatic rings. The van der Waals surface area contributed by atoms with Gasteiger partial charge in [0.15, 0.2) is 7.12 Å². The van der Waals surface area contributed by atoms with Gasteiger partial charge in [0.2, 0.25) is 17.7 Å². The minimum Gasteiger partial charge on any atom is -0.481 e. The molecule has 0 aliphatic carbocycles. The molecule has 0 bridgehead atoms. The second kappa shape index (κ2) is 11.9. The summed E-state index contributed by atoms with van der Waals surface area (Å²) >= 11 is 1.25. The van der Waals surface area contributed by atoms with Crippen molar-refractivity contribution in [1.29, 1.82) is 0 Å². The lowest BCUT2D eigenvalue weighted by atomic mass is 10.1. The number of rotatable bonds is 12. The molecular weight excluding hydrogens is 369 g/mol. The lowest BCUT2D eigenvalue weighted by Gasteiger charge is -2.22. The van der Waals surface area contributed by atoms with Gasteiger partial charge in [0.25, 0.3) is 0 Å². The molecule has 3 atom stereocenters. The minimum atomic E-state index is -1.55. The van der Waals surface area contributed by atoms with E-state index < -0.39 is 60.6 Å². The Balaban J connectivity index is 5.16. The minimum absolute atomic E-state index is 0.183. The molecule has 26 heavy (non-hydrogen) atoms. The third-order valence-corrected chi connectivity index (χ3v) is 3.59. The standard InChI is InChI=1S/C13H20BN3O8S/c1-6(19)15-9(5-26-14)13(25)17-8(3-11(22)23)12(24)16-7(4-18)2-10(20)21/h4,7-9H,2-3,5,14H2,1H3,(H,15,19)(H,16,24)(H,17,25)(H,20,21)(H,22,23)/t7-,8-,9-/m0/s1. The van der Waals surface area contributed by atoms with Crippen molar-refractivity contribution >= 4 is 54.7 Å². The van der Waals surface area contributed by atoms with Crippen LogP contribution in [0.1, 0.15) is 19.8 Å². The second-order valence-electron chi connectivity index (χ2n) is 5.22. The van der Waals surface area contributed by atoms with Crippen molar-refractivity contribution in [3.63, 3.8) is 0 Å². The van der Waals surface area contributed by atoms with Crippen LogP contribution in [0.15, 0.2) is 0 Å². The Morgan fingerprint density at radius 2 is 1.50 bits per heavy atom. The molecule has 144 valence electrons. The Morgan fingerprint density at radius 3 is 1.92 bits per heavy atom. The van der Waals surface area contributed by atoms with Crippen LogP contribution < -0.4 is 16.0 Å². The molecule has 13 heteroatoms. The fourth-order valence-corrected chi connectivity index (χ4v) is 2.42. The van der Waals surface area contributed by atoms with Gasteiger partial charge in [0, 0.05) is 12.7 Å². The van der Waals surface area contributed by atoms with Gasteiger partial charge in [-0.1, -0.05) is 0 Å². The van der Waals surface area contributed by atoms with Crippen LogP contribution in [-0.2, 0) is 28.8 Å². The first kappa shape index (κ1) is 23.4. The van der Waals surface area contributed by atoms with Gasteiger partial charge in [-0.05, 0) is 0 Å². The lowest BCUT2D eigenvalue weighted by Crippen LogP contribution is -2.56. The smallest absolute Gasteiger partial charge is 0.305 e. The second-order valence-corrected chi connectivity index (χ2v) is 6.13. The molecule has 0 aromatic heterocycles. The highest BCUT2D eigenvalue weighted by Crippen LogP contribution is 2.01. The highest BCUT2D eigenvalue weighted by Gasteiger charge is 2.29. The summed E-state index contributed by atoms with van der Waals surface area (Å²) in [6, 6.07) is -3.91. The summed E-state index contributed by atoms with van der Waals surface area (Å²) in [4.78, 5) is 67.9. The molecule has 0 saturated carbocycles. The summed E-state index contributed by atoms with van der Waals surface area (Å²) < 4.78 is 0. The number of nitrogens with one attached hydrogen (secondary N) is 3. The van der Waals surface area contributed by atoms with Crippen molar-refractivity contribution in [2.45, 2.75) is 37.9 Å². The normalized spacial score (nSPS) is 13.6. The maximum atomic E-state index is 12.2. The summed E-state index contributed by atoms with van der Waals surface area (Å²) in [5.74, 6) is -4.84. The van der Waals surface area contributed by atoms with Gasteiger partial charge in [-0.2, -0.15) is 0 Å². The fourth-order valence-electron chi connectivity index (χ4n) is 1.86. The van der Waals surface area contributed by atoms with Gasteiger partial charge in [-0.15, -0.1) is 0 Å². The largest absolute Gasteiger partial charge is 0.481 e. The quantitative estimate of drug-likeness (QED) is 0.171. The average molecular weight is 389 g/mol. The summed E-state index contributed by atoms with van der Waals surface area (Å²) in [5.41, 5.74) is 0. The Labute approximate surface area is 153 Å². The maximum absolute atomic E-state index is 12.2. The third kappa shape index (κ3) is 9.66. The summed E-state index contributed by atoms with van der Waals surface area (Å²) in [6.07, 6.45) is -1.29. The molecule has 3 amide bonds. The highest BCUT2D eigenvalue weighted by atomic mass is 32.2. The predicted octanol–water partition coefficient (Wildman–Crippen LogP) is -3.11. The van der Waals surface area contributed by atoms with Gasteiger partial charge in [-0.3, -0.25) is 24.0 Å². The number of carbonyl (C=O) groups excluding carboxylic acids is 4. The maximum Gasteiger partial charge on any atom is 0.305 e. The van der Waals surface area contributed by atoms with Gasteiger partial charge in [0.05, 0.1) is 18.9 Å². The number of carbonyl (C=O) groups is 6. The van der Waals surface area contributed by atoms with E-state index in [0.29, 0.717) is 0 Å². The van der Waals surface area contributed by atoms with E-state index in [9.17, 15) is 28.8 Å². The zero-order valence-corrected chi connectivity index (χ0v) is 15.0. The Morgan fingerprint density at radius 1 is 0.962 bits per heavy atom. The summed E-state index contributed by atoms with van der Waals surface area (Å²) in [5, 5.41) is 24.2. The molecule has 0 aliphatic rings. The molecule has 5 N–H and O–H groups in total. The van der Waals surface area contributed by atoms with E-state index in [-0.39, 0.29) is 12.0 Å². The van der Waals surface area contributed by atoms with E-state index in [4.69, 9.17) is 10.2 Å². The van der Waals surface area contributed by atoms with Crippen LogP contribution >= 0.6 is 11.6 Å². The topological polar surface area (TPSA) is 179 Å². The van der Waals surface area contributed by atoms with Crippen LogP contribution in [0.5, 0.6) is 0 Å². The van der Waals surface area contributed by atoms with E-state index >= 15 is 0 Å². The molecule has 0 radical (unpaired) electrons. The fraction of sp³-hybridized carbons (Fsp3) is 0.538. The molecule has 0 heterocycles. The molecule has 0 rings (SSSR count). The molecule has 0 aromatic carbocycles. The van der Waals surface area contributed by atoms with Crippen LogP contribution in [0.25, 0.3) is 0 Å². The van der Waals surface area contributed by atoms with E-state index in [0.717, 1.165) is 0 Å². The lowest BCUT2D eigenvalue weighted by molar-refractivity contribution is -0.142. The van der Waals surface area contributed by atoms with Crippen molar-refractivity contribution in [2.24, 2.45) is 0 Å². The van der Waals surface area contributed by atoms with Crippen molar-refractivity contribution in [3.8, 4) is 0 Å². The van der Waals surface area contributed by atoms with Crippen molar-refractivity contribution in [1.82, 2.24) is 16.0 Å². The molecular formula is C13H20BN3O8S. The Kier molecular flexibility index (Phi) is 10.7. The first-order valence-electron chi connectivity index (χ1n) is 7.36. The van der Waals surface area contributed by atoms with E-state index in [1.807, 2.05) is 0 Å². The highest BCUT2D eigenvalue weighted by molar-refractivity contribution is 8.19. The van der Waals surface area contributed by atoms with Crippen LogP contribution in [0, 0.1) is 0 Å². The van der Waals surface area contributed by atoms with Gasteiger partial charge in [0.1, 0.15) is 18.4 Å². The average Bonchev–Trinajstić information content (AvgIpc) is 2.51. The summed E-state index contributed by atoms with van der Waals surface area (Å²) in [7, 11) is 1.68. The van der Waals surface area contributed by atoms with Crippen LogP contribution in [0.2, 0.25) is 0 Å². The SMILES string of the molecule is BSC[C@H](NC(C)=O)C(=O)N[C@@H](CC(=O)O)C(=O)N[C@H](C=O)CC(=O)O. The van der Waals surface area contributed by atoms with Crippen LogP contribution in [-0.4, -0.2) is 77.2 Å². The monoisotopic (exact) mass is 389 g/mol. The molecule has 0 fully saturated rings. The Bertz CT molecular complexity index is 574. The third-order valence-electron chi connectivity index (χ3n) is 2.93. The number of hydrogen-bond acceptors (Lipinski definition) is 7. The molecule has 0 spiro atoms. The predicted molar refractivity (Wildman–Crippen MR) is 93.0 cm³/mol. The molecule has 0 saturated heterocycles.